The van der Waals surface area contributed by atoms with Crippen molar-refractivity contribution in [1.29, 1.82) is 0 Å². The van der Waals surface area contributed by atoms with E-state index in [0.717, 1.165) is 18.5 Å². The number of nitrogens with one attached hydrogen (secondary N) is 1. The van der Waals surface area contributed by atoms with Crippen molar-refractivity contribution < 1.29 is 13.2 Å². The van der Waals surface area contributed by atoms with Gasteiger partial charge in [-0.3, -0.25) is 4.99 Å². The summed E-state index contributed by atoms with van der Waals surface area (Å²) in [5, 5.41) is 3.49. The van der Waals surface area contributed by atoms with E-state index in [0.29, 0.717) is 41.3 Å². The zero-order valence-electron chi connectivity index (χ0n) is 16.6. The van der Waals surface area contributed by atoms with Crippen LogP contribution in [0.3, 0.4) is 0 Å². The predicted molar refractivity (Wildman–Crippen MR) is 131 cm³/mol. The van der Waals surface area contributed by atoms with Crippen LogP contribution in [0, 0.1) is 5.92 Å². The van der Waals surface area contributed by atoms with Crippen molar-refractivity contribution in [1.82, 2.24) is 4.31 Å². The Bertz CT molecular complexity index is 965. The number of sulfonamides is 1. The van der Waals surface area contributed by atoms with Crippen LogP contribution in [0.5, 0.6) is 5.75 Å². The number of benzene rings is 2. The average Bonchev–Trinajstić information content (AvgIpc) is 2.73. The largest absolute Gasteiger partial charge is 0.495 e. The molecule has 0 amide bonds. The number of anilines is 1. The fourth-order valence-corrected chi connectivity index (χ4v) is 4.98. The second-order valence-corrected chi connectivity index (χ2v) is 9.21. The minimum atomic E-state index is -3.43. The van der Waals surface area contributed by atoms with Crippen molar-refractivity contribution >= 4 is 57.2 Å². The van der Waals surface area contributed by atoms with Gasteiger partial charge < -0.3 is 15.8 Å². The Labute approximate surface area is 199 Å². The van der Waals surface area contributed by atoms with Gasteiger partial charge in [0.15, 0.2) is 5.96 Å². The second kappa shape index (κ2) is 11.2. The molecule has 10 heteroatoms. The van der Waals surface area contributed by atoms with Crippen LogP contribution in [0.1, 0.15) is 12.8 Å². The average molecular weight is 565 g/mol. The van der Waals surface area contributed by atoms with E-state index < -0.39 is 10.0 Å². The van der Waals surface area contributed by atoms with Gasteiger partial charge in [0.2, 0.25) is 10.0 Å². The molecule has 0 aromatic heterocycles. The minimum Gasteiger partial charge on any atom is -0.495 e. The van der Waals surface area contributed by atoms with E-state index in [-0.39, 0.29) is 29.9 Å². The highest BCUT2D eigenvalue weighted by Gasteiger charge is 2.29. The standard InChI is InChI=1S/C20H25ClN4O3S.HI/c1-28-19-8-7-16(13-18(19)21)24-20(22)23-14-15-9-11-25(12-10-15)29(26,27)17-5-3-2-4-6-17;/h2-8,13,15H,9-12,14H2,1H3,(H3,22,23,24);1H. The molecule has 1 aliphatic heterocycles. The number of hydrogen-bond acceptors (Lipinski definition) is 4. The quantitative estimate of drug-likeness (QED) is 0.316. The molecule has 1 saturated heterocycles. The van der Waals surface area contributed by atoms with Crippen LogP contribution in [0.15, 0.2) is 58.4 Å². The van der Waals surface area contributed by atoms with Gasteiger partial charge in [-0.15, -0.1) is 24.0 Å². The molecule has 1 fully saturated rings. The van der Waals surface area contributed by atoms with E-state index in [2.05, 4.69) is 10.3 Å². The summed E-state index contributed by atoms with van der Waals surface area (Å²) in [7, 11) is -1.87. The summed E-state index contributed by atoms with van der Waals surface area (Å²) in [6.45, 7) is 1.51. The molecule has 0 saturated carbocycles. The van der Waals surface area contributed by atoms with Crippen molar-refractivity contribution in [3.8, 4) is 5.75 Å². The number of hydrogen-bond donors (Lipinski definition) is 2. The van der Waals surface area contributed by atoms with Gasteiger partial charge in [0.25, 0.3) is 0 Å². The molecule has 7 nitrogen and oxygen atoms in total. The molecule has 0 atom stereocenters. The van der Waals surface area contributed by atoms with Gasteiger partial charge in [-0.05, 0) is 49.1 Å². The van der Waals surface area contributed by atoms with E-state index in [1.165, 1.54) is 0 Å². The van der Waals surface area contributed by atoms with Crippen LogP contribution in [0.4, 0.5) is 5.69 Å². The molecule has 0 spiro atoms. The third-order valence-corrected chi connectivity index (χ3v) is 7.11. The van der Waals surface area contributed by atoms with E-state index in [1.54, 1.807) is 53.9 Å². The van der Waals surface area contributed by atoms with Gasteiger partial charge in [-0.1, -0.05) is 29.8 Å². The smallest absolute Gasteiger partial charge is 0.243 e. The molecular formula is C20H26ClIN4O3S. The van der Waals surface area contributed by atoms with E-state index in [4.69, 9.17) is 22.1 Å². The zero-order chi connectivity index (χ0) is 20.9. The van der Waals surface area contributed by atoms with Gasteiger partial charge in [0.05, 0.1) is 17.0 Å². The van der Waals surface area contributed by atoms with Gasteiger partial charge >= 0.3 is 0 Å². The lowest BCUT2D eigenvalue weighted by Crippen LogP contribution is -2.39. The van der Waals surface area contributed by atoms with Crippen molar-refractivity contribution in [2.24, 2.45) is 16.6 Å². The number of ether oxygens (including phenoxy) is 1. The maximum atomic E-state index is 12.7. The molecule has 1 aliphatic rings. The molecule has 0 radical (unpaired) electrons. The van der Waals surface area contributed by atoms with Gasteiger partial charge in [-0.2, -0.15) is 4.31 Å². The number of halogens is 2. The first-order chi connectivity index (χ1) is 13.9. The first-order valence-corrected chi connectivity index (χ1v) is 11.2. The third kappa shape index (κ3) is 6.22. The third-order valence-electron chi connectivity index (χ3n) is 4.90. The number of methoxy groups -OCH3 is 1. The Kier molecular flexibility index (Phi) is 9.20. The van der Waals surface area contributed by atoms with Crippen molar-refractivity contribution in [3.63, 3.8) is 0 Å². The van der Waals surface area contributed by atoms with Crippen LogP contribution in [-0.2, 0) is 10.0 Å². The Hall–Kier alpha value is -1.56. The number of piperidine rings is 1. The van der Waals surface area contributed by atoms with Gasteiger partial charge in [-0.25, -0.2) is 8.42 Å². The SMILES string of the molecule is COc1ccc(NC(N)=NCC2CCN(S(=O)(=O)c3ccccc3)CC2)cc1Cl.I. The van der Waals surface area contributed by atoms with E-state index in [9.17, 15) is 8.42 Å². The highest BCUT2D eigenvalue weighted by Crippen LogP contribution is 2.27. The Morgan fingerprint density at radius 1 is 1.23 bits per heavy atom. The molecule has 2 aromatic carbocycles. The zero-order valence-corrected chi connectivity index (χ0v) is 20.5. The van der Waals surface area contributed by atoms with Crippen molar-refractivity contribution in [2.75, 3.05) is 32.1 Å². The molecule has 164 valence electrons. The highest BCUT2D eigenvalue weighted by molar-refractivity contribution is 14.0. The van der Waals surface area contributed by atoms with E-state index >= 15 is 0 Å². The van der Waals surface area contributed by atoms with Crippen LogP contribution in [0.25, 0.3) is 0 Å². The van der Waals surface area contributed by atoms with Gasteiger partial charge in [0, 0.05) is 25.3 Å². The van der Waals surface area contributed by atoms with Crippen LogP contribution >= 0.6 is 35.6 Å². The van der Waals surface area contributed by atoms with Crippen LogP contribution in [-0.4, -0.2) is 45.4 Å². The summed E-state index contributed by atoms with van der Waals surface area (Å²) in [6, 6.07) is 13.8. The fourth-order valence-electron chi connectivity index (χ4n) is 3.23. The summed E-state index contributed by atoms with van der Waals surface area (Å²) in [5.41, 5.74) is 6.70. The molecule has 2 aromatic rings. The first-order valence-electron chi connectivity index (χ1n) is 9.36. The van der Waals surface area contributed by atoms with Gasteiger partial charge in [0.1, 0.15) is 5.75 Å². The molecule has 0 unspecified atom stereocenters. The van der Waals surface area contributed by atoms with Crippen LogP contribution < -0.4 is 15.8 Å². The Morgan fingerprint density at radius 3 is 2.50 bits per heavy atom. The Morgan fingerprint density at radius 2 is 1.90 bits per heavy atom. The highest BCUT2D eigenvalue weighted by atomic mass is 127. The molecule has 3 N–H and O–H groups in total. The fraction of sp³-hybridized carbons (Fsp3) is 0.350. The summed E-state index contributed by atoms with van der Waals surface area (Å²) in [4.78, 5) is 4.74. The lowest BCUT2D eigenvalue weighted by Gasteiger charge is -2.30. The predicted octanol–water partition coefficient (Wildman–Crippen LogP) is 3.79. The topological polar surface area (TPSA) is 97.0 Å². The summed E-state index contributed by atoms with van der Waals surface area (Å²) < 4.78 is 32.0. The lowest BCUT2D eigenvalue weighted by molar-refractivity contribution is 0.279. The molecule has 0 bridgehead atoms. The Balaban J connectivity index is 0.00000320. The lowest BCUT2D eigenvalue weighted by atomic mass is 9.98. The second-order valence-electron chi connectivity index (χ2n) is 6.86. The number of nitrogens with zero attached hydrogens (tertiary/aromatic N) is 2. The molecule has 1 heterocycles. The molecule has 3 rings (SSSR count). The summed E-state index contributed by atoms with van der Waals surface area (Å²) in [6.07, 6.45) is 1.49. The van der Waals surface area contributed by atoms with Crippen LogP contribution in [0.2, 0.25) is 5.02 Å². The van der Waals surface area contributed by atoms with Crippen molar-refractivity contribution in [2.45, 2.75) is 17.7 Å². The normalized spacial score (nSPS) is 16.0. The van der Waals surface area contributed by atoms with Crippen molar-refractivity contribution in [3.05, 3.63) is 53.6 Å². The maximum Gasteiger partial charge on any atom is 0.243 e. The molecular weight excluding hydrogens is 539 g/mol. The molecule has 30 heavy (non-hydrogen) atoms. The number of nitrogens with two attached hydrogens (primary N) is 1. The number of guanidine groups is 1. The number of aliphatic imine (C=N–C) groups is 1. The summed E-state index contributed by atoms with van der Waals surface area (Å²) >= 11 is 6.11. The summed E-state index contributed by atoms with van der Waals surface area (Å²) in [5.74, 6) is 1.17. The van der Waals surface area contributed by atoms with E-state index in [1.807, 2.05) is 6.07 Å². The minimum absolute atomic E-state index is 0. The maximum absolute atomic E-state index is 12.7. The number of rotatable bonds is 6. The first kappa shape index (κ1) is 24.7. The molecule has 0 aliphatic carbocycles. The monoisotopic (exact) mass is 564 g/mol.